The van der Waals surface area contributed by atoms with Gasteiger partial charge in [-0.3, -0.25) is 0 Å². The van der Waals surface area contributed by atoms with Crippen molar-refractivity contribution in [2.24, 2.45) is 5.92 Å². The van der Waals surface area contributed by atoms with Crippen molar-refractivity contribution >= 4 is 10.0 Å². The maximum absolute atomic E-state index is 14.0. The fraction of sp³-hybridized carbons (Fsp3) is 0.400. The average Bonchev–Trinajstić information content (AvgIpc) is 2.87. The first kappa shape index (κ1) is 26.6. The van der Waals surface area contributed by atoms with Crippen molar-refractivity contribution in [2.75, 3.05) is 13.7 Å². The zero-order chi connectivity index (χ0) is 25.9. The molecule has 3 atom stereocenters. The summed E-state index contributed by atoms with van der Waals surface area (Å²) in [6, 6.07) is 27.7. The van der Waals surface area contributed by atoms with Gasteiger partial charge in [0.05, 0.1) is 17.9 Å². The standard InChI is InChI=1S/C30H37NO4S/c1-22(2)28(20-23-12-8-6-9-13-23)36(32,33)31(5)27-21-34-30(3,4)35-29(27)26-18-16-25(17-19-26)24-14-10-7-11-15-24/h6-19,22,27-29H,20-21H2,1-5H3/t27-,28-,29-/m1/s1. The summed E-state index contributed by atoms with van der Waals surface area (Å²) in [6.07, 6.45) is 0.00421. The van der Waals surface area contributed by atoms with E-state index in [4.69, 9.17) is 9.47 Å². The number of ether oxygens (including phenoxy) is 2. The normalized spacial score (nSPS) is 21.0. The van der Waals surface area contributed by atoms with Crippen LogP contribution in [0.3, 0.4) is 0 Å². The smallest absolute Gasteiger partial charge is 0.217 e. The SMILES string of the molecule is CC(C)[C@@H](Cc1ccccc1)S(=O)(=O)N(C)[C@@H]1COC(C)(C)O[C@@H]1c1ccc(-c2ccccc2)cc1. The van der Waals surface area contributed by atoms with Gasteiger partial charge in [-0.25, -0.2) is 8.42 Å². The van der Waals surface area contributed by atoms with E-state index in [0.717, 1.165) is 22.3 Å². The van der Waals surface area contributed by atoms with Gasteiger partial charge < -0.3 is 9.47 Å². The van der Waals surface area contributed by atoms with E-state index in [2.05, 4.69) is 24.3 Å². The van der Waals surface area contributed by atoms with Crippen LogP contribution in [0.4, 0.5) is 0 Å². The van der Waals surface area contributed by atoms with Crippen LogP contribution >= 0.6 is 0 Å². The van der Waals surface area contributed by atoms with Gasteiger partial charge in [0.15, 0.2) is 5.79 Å². The Hall–Kier alpha value is -2.51. The van der Waals surface area contributed by atoms with Gasteiger partial charge in [-0.15, -0.1) is 0 Å². The number of sulfonamides is 1. The maximum atomic E-state index is 14.0. The van der Waals surface area contributed by atoms with Crippen LogP contribution in [0, 0.1) is 5.92 Å². The van der Waals surface area contributed by atoms with Crippen LogP contribution in [0.5, 0.6) is 0 Å². The third-order valence-electron chi connectivity index (χ3n) is 6.98. The fourth-order valence-corrected chi connectivity index (χ4v) is 6.87. The summed E-state index contributed by atoms with van der Waals surface area (Å²) >= 11 is 0. The number of nitrogens with zero attached hydrogens (tertiary/aromatic N) is 1. The van der Waals surface area contributed by atoms with Crippen LogP contribution in [0.2, 0.25) is 0 Å². The first-order chi connectivity index (χ1) is 17.1. The van der Waals surface area contributed by atoms with Crippen LogP contribution < -0.4 is 0 Å². The van der Waals surface area contributed by atoms with E-state index in [1.807, 2.05) is 88.4 Å². The number of likely N-dealkylation sites (N-methyl/N-ethyl adjacent to an activating group) is 1. The number of hydrogen-bond acceptors (Lipinski definition) is 4. The molecule has 0 amide bonds. The Bertz CT molecular complexity index is 1220. The molecule has 0 spiro atoms. The first-order valence-corrected chi connectivity index (χ1v) is 14.1. The molecule has 0 aromatic heterocycles. The van der Waals surface area contributed by atoms with Crippen molar-refractivity contribution < 1.29 is 17.9 Å². The molecular weight excluding hydrogens is 470 g/mol. The molecule has 0 unspecified atom stereocenters. The summed E-state index contributed by atoms with van der Waals surface area (Å²) in [5.41, 5.74) is 4.18. The molecule has 1 aliphatic heterocycles. The highest BCUT2D eigenvalue weighted by Crippen LogP contribution is 2.38. The zero-order valence-corrected chi connectivity index (χ0v) is 22.6. The van der Waals surface area contributed by atoms with Crippen LogP contribution in [0.15, 0.2) is 84.9 Å². The zero-order valence-electron chi connectivity index (χ0n) is 21.8. The highest BCUT2D eigenvalue weighted by Gasteiger charge is 2.45. The molecule has 4 rings (SSSR count). The van der Waals surface area contributed by atoms with E-state index in [1.54, 1.807) is 7.05 Å². The summed E-state index contributed by atoms with van der Waals surface area (Å²) < 4.78 is 41.8. The number of rotatable bonds is 8. The average molecular weight is 508 g/mol. The van der Waals surface area contributed by atoms with Crippen LogP contribution in [-0.4, -0.2) is 43.5 Å². The fourth-order valence-electron chi connectivity index (χ4n) is 4.81. The summed E-state index contributed by atoms with van der Waals surface area (Å²) in [7, 11) is -1.99. The largest absolute Gasteiger partial charge is 0.349 e. The lowest BCUT2D eigenvalue weighted by atomic mass is 9.97. The summed E-state index contributed by atoms with van der Waals surface area (Å²) in [5.74, 6) is -0.867. The lowest BCUT2D eigenvalue weighted by Gasteiger charge is -2.45. The van der Waals surface area contributed by atoms with E-state index < -0.39 is 33.2 Å². The Kier molecular flexibility index (Phi) is 8.00. The minimum absolute atomic E-state index is 0.0527. The highest BCUT2D eigenvalue weighted by molar-refractivity contribution is 7.89. The van der Waals surface area contributed by atoms with Crippen molar-refractivity contribution in [1.82, 2.24) is 4.31 Å². The predicted molar refractivity (Wildman–Crippen MR) is 145 cm³/mol. The van der Waals surface area contributed by atoms with Crippen LogP contribution in [0.1, 0.15) is 44.9 Å². The van der Waals surface area contributed by atoms with Crippen molar-refractivity contribution in [2.45, 2.75) is 57.3 Å². The Morgan fingerprint density at radius 2 is 1.44 bits per heavy atom. The molecule has 5 nitrogen and oxygen atoms in total. The molecule has 1 saturated heterocycles. The van der Waals surface area contributed by atoms with Gasteiger partial charge >= 0.3 is 0 Å². The second-order valence-electron chi connectivity index (χ2n) is 10.3. The van der Waals surface area contributed by atoms with Crippen molar-refractivity contribution in [3.8, 4) is 11.1 Å². The molecule has 1 aliphatic rings. The summed E-state index contributed by atoms with van der Waals surface area (Å²) in [4.78, 5) is 0. The lowest BCUT2D eigenvalue weighted by molar-refractivity contribution is -0.291. The molecule has 3 aromatic rings. The Labute approximate surface area is 216 Å². The van der Waals surface area contributed by atoms with Crippen LogP contribution in [0.25, 0.3) is 11.1 Å². The van der Waals surface area contributed by atoms with E-state index in [9.17, 15) is 8.42 Å². The highest BCUT2D eigenvalue weighted by atomic mass is 32.2. The molecular formula is C30H37NO4S. The molecule has 0 radical (unpaired) electrons. The molecule has 6 heteroatoms. The number of hydrogen-bond donors (Lipinski definition) is 0. The van der Waals surface area contributed by atoms with Crippen molar-refractivity contribution in [1.29, 1.82) is 0 Å². The predicted octanol–water partition coefficient (Wildman–Crippen LogP) is 6.08. The van der Waals surface area contributed by atoms with Gasteiger partial charge in [-0.05, 0) is 48.4 Å². The third-order valence-corrected chi connectivity index (χ3v) is 9.53. The molecule has 3 aromatic carbocycles. The van der Waals surface area contributed by atoms with Gasteiger partial charge in [0.1, 0.15) is 6.10 Å². The molecule has 1 fully saturated rings. The van der Waals surface area contributed by atoms with Crippen LogP contribution in [-0.2, 0) is 25.9 Å². The number of benzene rings is 3. The molecule has 0 aliphatic carbocycles. The van der Waals surface area contributed by atoms with E-state index in [0.29, 0.717) is 6.42 Å². The minimum atomic E-state index is -3.65. The second-order valence-corrected chi connectivity index (χ2v) is 12.5. The monoisotopic (exact) mass is 507 g/mol. The molecule has 36 heavy (non-hydrogen) atoms. The first-order valence-electron chi connectivity index (χ1n) is 12.6. The lowest BCUT2D eigenvalue weighted by Crippen LogP contribution is -2.54. The molecule has 0 N–H and O–H groups in total. The van der Waals surface area contributed by atoms with Gasteiger partial charge in [-0.2, -0.15) is 4.31 Å². The van der Waals surface area contributed by atoms with E-state index in [1.165, 1.54) is 4.31 Å². The topological polar surface area (TPSA) is 55.8 Å². The Morgan fingerprint density at radius 1 is 0.889 bits per heavy atom. The van der Waals surface area contributed by atoms with Gasteiger partial charge in [0, 0.05) is 7.05 Å². The summed E-state index contributed by atoms with van der Waals surface area (Å²) in [5, 5.41) is -0.555. The summed E-state index contributed by atoms with van der Waals surface area (Å²) in [6.45, 7) is 7.93. The van der Waals surface area contributed by atoms with Gasteiger partial charge in [0.25, 0.3) is 0 Å². The van der Waals surface area contributed by atoms with Crippen molar-refractivity contribution in [3.63, 3.8) is 0 Å². The quantitative estimate of drug-likeness (QED) is 0.371. The van der Waals surface area contributed by atoms with Gasteiger partial charge in [-0.1, -0.05) is 98.8 Å². The Balaban J connectivity index is 1.63. The minimum Gasteiger partial charge on any atom is -0.349 e. The molecule has 0 bridgehead atoms. The molecule has 192 valence electrons. The third kappa shape index (κ3) is 5.89. The van der Waals surface area contributed by atoms with Gasteiger partial charge in [0.2, 0.25) is 10.0 Å². The van der Waals surface area contributed by atoms with E-state index in [-0.39, 0.29) is 12.5 Å². The second kappa shape index (κ2) is 10.9. The molecule has 1 heterocycles. The van der Waals surface area contributed by atoms with Crippen molar-refractivity contribution in [3.05, 3.63) is 96.1 Å². The maximum Gasteiger partial charge on any atom is 0.217 e. The van der Waals surface area contributed by atoms with E-state index >= 15 is 0 Å². The Morgan fingerprint density at radius 3 is 2.03 bits per heavy atom. The molecule has 0 saturated carbocycles.